The second-order valence-electron chi connectivity index (χ2n) is 6.80. The van der Waals surface area contributed by atoms with E-state index in [0.29, 0.717) is 16.9 Å². The van der Waals surface area contributed by atoms with Crippen molar-refractivity contribution < 1.29 is 4.74 Å². The Balaban J connectivity index is 1.48. The summed E-state index contributed by atoms with van der Waals surface area (Å²) in [4.78, 5) is 0. The number of hydrogen-bond donors (Lipinski definition) is 0. The van der Waals surface area contributed by atoms with Crippen molar-refractivity contribution in [3.8, 4) is 0 Å². The maximum absolute atomic E-state index is 6.55. The van der Waals surface area contributed by atoms with Gasteiger partial charge < -0.3 is 4.74 Å². The molecule has 0 aromatic heterocycles. The molecule has 3 rings (SSSR count). The number of hydrogen-bond acceptors (Lipinski definition) is 1. The molecular weight excluding hydrogens is 244 g/mol. The summed E-state index contributed by atoms with van der Waals surface area (Å²) < 4.78 is 6.22. The molecule has 3 aliphatic carbocycles. The van der Waals surface area contributed by atoms with Crippen LogP contribution in [0.1, 0.15) is 70.6 Å². The fourth-order valence-corrected chi connectivity index (χ4v) is 4.63. The first-order valence-electron chi connectivity index (χ1n) is 8.07. The minimum atomic E-state index is 0.359. The van der Waals surface area contributed by atoms with Crippen LogP contribution in [0.5, 0.6) is 0 Å². The highest BCUT2D eigenvalue weighted by Gasteiger charge is 2.54. The Morgan fingerprint density at radius 3 is 2.28 bits per heavy atom. The SMILES string of the molecule is ClC1CC(OCCC2CCC2)C12CCCCCC2. The molecular formula is C16H27ClO. The molecule has 0 aromatic rings. The van der Waals surface area contributed by atoms with E-state index in [1.807, 2.05) is 0 Å². The number of alkyl halides is 1. The van der Waals surface area contributed by atoms with Crippen LogP contribution in [-0.2, 0) is 4.74 Å². The van der Waals surface area contributed by atoms with Crippen molar-refractivity contribution in [1.29, 1.82) is 0 Å². The van der Waals surface area contributed by atoms with E-state index >= 15 is 0 Å². The standard InChI is InChI=1S/C16H27ClO/c17-14-12-15(18-11-8-13-6-5-7-13)16(14)9-3-1-2-4-10-16/h13-15H,1-12H2. The van der Waals surface area contributed by atoms with Gasteiger partial charge in [0.2, 0.25) is 0 Å². The smallest absolute Gasteiger partial charge is 0.0659 e. The molecule has 1 spiro atoms. The Bertz CT molecular complexity index is 266. The third-order valence-corrected chi connectivity index (χ3v) is 6.40. The molecule has 2 heteroatoms. The molecule has 0 N–H and O–H groups in total. The van der Waals surface area contributed by atoms with Crippen molar-refractivity contribution >= 4 is 11.6 Å². The van der Waals surface area contributed by atoms with Gasteiger partial charge in [-0.3, -0.25) is 0 Å². The summed E-state index contributed by atoms with van der Waals surface area (Å²) in [5, 5.41) is 0.393. The van der Waals surface area contributed by atoms with Crippen LogP contribution < -0.4 is 0 Å². The normalized spacial score (nSPS) is 35.8. The van der Waals surface area contributed by atoms with Crippen molar-refractivity contribution in [3.63, 3.8) is 0 Å². The van der Waals surface area contributed by atoms with Gasteiger partial charge in [0, 0.05) is 17.4 Å². The molecule has 0 saturated heterocycles. The quantitative estimate of drug-likeness (QED) is 0.659. The van der Waals surface area contributed by atoms with Crippen molar-refractivity contribution in [2.45, 2.75) is 82.1 Å². The second kappa shape index (κ2) is 5.71. The van der Waals surface area contributed by atoms with Gasteiger partial charge in [0.1, 0.15) is 0 Å². The Morgan fingerprint density at radius 1 is 1.00 bits per heavy atom. The molecule has 0 heterocycles. The lowest BCUT2D eigenvalue weighted by Gasteiger charge is -2.53. The summed E-state index contributed by atoms with van der Waals surface area (Å²) in [6.07, 6.45) is 15.4. The van der Waals surface area contributed by atoms with Crippen molar-refractivity contribution in [1.82, 2.24) is 0 Å². The van der Waals surface area contributed by atoms with Gasteiger partial charge in [-0.2, -0.15) is 0 Å². The van der Waals surface area contributed by atoms with E-state index in [2.05, 4.69) is 0 Å². The molecule has 0 bridgehead atoms. The molecule has 3 aliphatic rings. The van der Waals surface area contributed by atoms with Crippen molar-refractivity contribution in [3.05, 3.63) is 0 Å². The van der Waals surface area contributed by atoms with Crippen LogP contribution in [0.3, 0.4) is 0 Å². The van der Waals surface area contributed by atoms with Crippen LogP contribution in [-0.4, -0.2) is 18.1 Å². The zero-order chi connectivity index (χ0) is 12.4. The van der Waals surface area contributed by atoms with Gasteiger partial charge in [0.05, 0.1) is 6.10 Å². The van der Waals surface area contributed by atoms with Gasteiger partial charge in [-0.1, -0.05) is 44.9 Å². The first-order valence-corrected chi connectivity index (χ1v) is 8.50. The Labute approximate surface area is 117 Å². The minimum Gasteiger partial charge on any atom is -0.378 e. The third-order valence-electron chi connectivity index (χ3n) is 5.79. The van der Waals surface area contributed by atoms with E-state index < -0.39 is 0 Å². The van der Waals surface area contributed by atoms with Crippen LogP contribution in [0.25, 0.3) is 0 Å². The van der Waals surface area contributed by atoms with E-state index in [0.717, 1.165) is 18.9 Å². The third kappa shape index (κ3) is 2.45. The first-order chi connectivity index (χ1) is 8.81. The zero-order valence-electron chi connectivity index (χ0n) is 11.5. The van der Waals surface area contributed by atoms with Gasteiger partial charge in [-0.25, -0.2) is 0 Å². The van der Waals surface area contributed by atoms with Gasteiger partial charge in [0.25, 0.3) is 0 Å². The van der Waals surface area contributed by atoms with E-state index in [1.54, 1.807) is 0 Å². The van der Waals surface area contributed by atoms with Gasteiger partial charge in [-0.05, 0) is 31.6 Å². The van der Waals surface area contributed by atoms with Crippen LogP contribution in [0.2, 0.25) is 0 Å². The van der Waals surface area contributed by atoms with Crippen LogP contribution >= 0.6 is 11.6 Å². The van der Waals surface area contributed by atoms with Crippen molar-refractivity contribution in [2.75, 3.05) is 6.61 Å². The predicted molar refractivity (Wildman–Crippen MR) is 76.1 cm³/mol. The summed E-state index contributed by atoms with van der Waals surface area (Å²) in [5.74, 6) is 0.974. The number of halogens is 1. The van der Waals surface area contributed by atoms with E-state index in [1.165, 1.54) is 64.2 Å². The zero-order valence-corrected chi connectivity index (χ0v) is 12.3. The molecule has 0 aromatic carbocycles. The Morgan fingerprint density at radius 2 is 1.72 bits per heavy atom. The maximum atomic E-state index is 6.55. The summed E-state index contributed by atoms with van der Waals surface area (Å²) in [6, 6.07) is 0. The number of rotatable bonds is 4. The van der Waals surface area contributed by atoms with Crippen LogP contribution in [0, 0.1) is 11.3 Å². The molecule has 2 atom stereocenters. The summed E-state index contributed by atoms with van der Waals surface area (Å²) in [5.41, 5.74) is 0.359. The largest absolute Gasteiger partial charge is 0.378 e. The molecule has 2 unspecified atom stereocenters. The fraction of sp³-hybridized carbons (Fsp3) is 1.00. The Hall–Kier alpha value is 0.250. The van der Waals surface area contributed by atoms with Gasteiger partial charge in [-0.15, -0.1) is 11.6 Å². The van der Waals surface area contributed by atoms with Gasteiger partial charge >= 0.3 is 0 Å². The molecule has 0 amide bonds. The van der Waals surface area contributed by atoms with Crippen LogP contribution in [0.4, 0.5) is 0 Å². The second-order valence-corrected chi connectivity index (χ2v) is 7.32. The molecule has 1 nitrogen and oxygen atoms in total. The topological polar surface area (TPSA) is 9.23 Å². The molecule has 0 radical (unpaired) electrons. The number of ether oxygens (including phenoxy) is 1. The van der Waals surface area contributed by atoms with E-state index in [4.69, 9.17) is 16.3 Å². The lowest BCUT2D eigenvalue weighted by atomic mass is 9.61. The minimum absolute atomic E-state index is 0.359. The predicted octanol–water partition coefficient (Wildman–Crippen LogP) is 4.91. The lowest BCUT2D eigenvalue weighted by molar-refractivity contribution is -0.118. The molecule has 0 aliphatic heterocycles. The molecule has 18 heavy (non-hydrogen) atoms. The average Bonchev–Trinajstić information content (AvgIpc) is 2.58. The molecule has 104 valence electrons. The van der Waals surface area contributed by atoms with Crippen LogP contribution in [0.15, 0.2) is 0 Å². The Kier molecular flexibility index (Phi) is 4.20. The highest BCUT2D eigenvalue weighted by atomic mass is 35.5. The monoisotopic (exact) mass is 270 g/mol. The first kappa shape index (κ1) is 13.2. The van der Waals surface area contributed by atoms with E-state index in [-0.39, 0.29) is 0 Å². The highest BCUT2D eigenvalue weighted by molar-refractivity contribution is 6.21. The average molecular weight is 271 g/mol. The molecule has 3 saturated carbocycles. The highest BCUT2D eigenvalue weighted by Crippen LogP contribution is 2.55. The van der Waals surface area contributed by atoms with Crippen molar-refractivity contribution in [2.24, 2.45) is 11.3 Å². The maximum Gasteiger partial charge on any atom is 0.0659 e. The fourth-order valence-electron chi connectivity index (χ4n) is 4.11. The van der Waals surface area contributed by atoms with E-state index in [9.17, 15) is 0 Å². The summed E-state index contributed by atoms with van der Waals surface area (Å²) in [7, 11) is 0. The molecule has 3 fully saturated rings. The lowest BCUT2D eigenvalue weighted by Crippen LogP contribution is -2.55. The summed E-state index contributed by atoms with van der Waals surface area (Å²) in [6.45, 7) is 0.987. The summed E-state index contributed by atoms with van der Waals surface area (Å²) >= 11 is 6.55. The van der Waals surface area contributed by atoms with Gasteiger partial charge in [0.15, 0.2) is 0 Å².